The Balaban J connectivity index is 1.84. The molecule has 252 valence electrons. The van der Waals surface area contributed by atoms with Crippen molar-refractivity contribution in [3.05, 3.63) is 100 Å². The number of piperazine rings is 1. The average molecular weight is 677 g/mol. The van der Waals surface area contributed by atoms with Crippen LogP contribution in [-0.4, -0.2) is 64.0 Å². The number of alkyl halides is 3. The van der Waals surface area contributed by atoms with E-state index in [2.05, 4.69) is 10.3 Å². The number of carbonyl (C=O) groups is 3. The first kappa shape index (κ1) is 35.7. The molecule has 8 nitrogen and oxygen atoms in total. The van der Waals surface area contributed by atoms with Crippen LogP contribution in [0, 0.1) is 5.82 Å². The van der Waals surface area contributed by atoms with Crippen LogP contribution in [0.25, 0.3) is 0 Å². The number of halogens is 5. The van der Waals surface area contributed by atoms with Crippen LogP contribution >= 0.6 is 11.6 Å². The SMILES string of the molecule is CCC(=O)CC1CN(C(=O)OC(C)(C)C)CCN1C(=O)N[C@](Cc1ccccc1)(c1cc(F)cc(C(F)(F)F)c1)c1ccc(Cl)cn1. The van der Waals surface area contributed by atoms with Crippen molar-refractivity contribution >= 4 is 29.5 Å². The largest absolute Gasteiger partial charge is 0.444 e. The molecule has 3 aromatic rings. The minimum atomic E-state index is -4.89. The van der Waals surface area contributed by atoms with E-state index in [0.29, 0.717) is 11.6 Å². The van der Waals surface area contributed by atoms with Gasteiger partial charge in [0.15, 0.2) is 0 Å². The van der Waals surface area contributed by atoms with Gasteiger partial charge in [-0.3, -0.25) is 9.78 Å². The Morgan fingerprint density at radius 1 is 1.00 bits per heavy atom. The summed E-state index contributed by atoms with van der Waals surface area (Å²) >= 11 is 6.13. The second-order valence-electron chi connectivity index (χ2n) is 12.5. The second kappa shape index (κ2) is 14.3. The molecule has 0 aliphatic carbocycles. The highest BCUT2D eigenvalue weighted by atomic mass is 35.5. The maximum absolute atomic E-state index is 15.0. The number of amides is 3. The van der Waals surface area contributed by atoms with Gasteiger partial charge in [0.05, 0.1) is 22.3 Å². The Morgan fingerprint density at radius 2 is 1.68 bits per heavy atom. The van der Waals surface area contributed by atoms with Gasteiger partial charge in [-0.1, -0.05) is 48.9 Å². The first-order valence-electron chi connectivity index (χ1n) is 15.1. The second-order valence-corrected chi connectivity index (χ2v) is 12.9. The smallest absolute Gasteiger partial charge is 0.416 e. The molecule has 1 aliphatic rings. The number of ketones is 1. The van der Waals surface area contributed by atoms with Crippen molar-refractivity contribution < 1.29 is 36.7 Å². The predicted molar refractivity (Wildman–Crippen MR) is 168 cm³/mol. The Morgan fingerprint density at radius 3 is 2.28 bits per heavy atom. The summed E-state index contributed by atoms with van der Waals surface area (Å²) < 4.78 is 62.6. The van der Waals surface area contributed by atoms with Crippen LogP contribution < -0.4 is 5.32 Å². The van der Waals surface area contributed by atoms with E-state index < -0.39 is 46.9 Å². The number of hydrogen-bond donors (Lipinski definition) is 1. The summed E-state index contributed by atoms with van der Waals surface area (Å²) in [4.78, 5) is 47.2. The Kier molecular flexibility index (Phi) is 10.8. The Labute approximate surface area is 276 Å². The maximum Gasteiger partial charge on any atom is 0.416 e. The summed E-state index contributed by atoms with van der Waals surface area (Å²) in [5.74, 6) is -1.32. The Bertz CT molecular complexity index is 1580. The average Bonchev–Trinajstić information content (AvgIpc) is 2.99. The molecule has 2 heterocycles. The molecule has 13 heteroatoms. The van der Waals surface area contributed by atoms with Crippen molar-refractivity contribution in [1.29, 1.82) is 0 Å². The number of nitrogens with zero attached hydrogens (tertiary/aromatic N) is 3. The summed E-state index contributed by atoms with van der Waals surface area (Å²) in [6.07, 6.45) is -4.22. The van der Waals surface area contributed by atoms with Crippen molar-refractivity contribution in [2.24, 2.45) is 0 Å². The molecular weight excluding hydrogens is 640 g/mol. The van der Waals surface area contributed by atoms with E-state index in [-0.39, 0.29) is 61.0 Å². The molecule has 0 spiro atoms. The molecule has 1 aliphatic heterocycles. The van der Waals surface area contributed by atoms with Crippen molar-refractivity contribution in [1.82, 2.24) is 20.1 Å². The molecule has 2 aromatic carbocycles. The van der Waals surface area contributed by atoms with Gasteiger partial charge >= 0.3 is 18.3 Å². The summed E-state index contributed by atoms with van der Waals surface area (Å²) in [6.45, 7) is 6.89. The standard InChI is InChI=1S/C34H37ClF4N4O4/c1-5-28(44)18-27-21-42(31(46)47-32(2,3)4)13-14-43(27)30(45)41-33(19-22-9-7-6-8-10-22,29-12-11-25(35)20-40-29)23-15-24(34(37,38)39)17-26(36)16-23/h6-12,15-17,20,27H,5,13-14,18-19,21H2,1-4H3,(H,41,45)/t27?,33-/m1/s1. The number of benzene rings is 2. The third kappa shape index (κ3) is 9.00. The fourth-order valence-corrected chi connectivity index (χ4v) is 5.61. The molecule has 1 N–H and O–H groups in total. The molecule has 0 saturated carbocycles. The highest BCUT2D eigenvalue weighted by Crippen LogP contribution is 2.38. The highest BCUT2D eigenvalue weighted by Gasteiger charge is 2.44. The van der Waals surface area contributed by atoms with Crippen molar-refractivity contribution in [3.8, 4) is 0 Å². The summed E-state index contributed by atoms with van der Waals surface area (Å²) in [6, 6.07) is 12.2. The van der Waals surface area contributed by atoms with Gasteiger partial charge in [0.1, 0.15) is 22.7 Å². The van der Waals surface area contributed by atoms with Crippen LogP contribution in [0.5, 0.6) is 0 Å². The van der Waals surface area contributed by atoms with Crippen LogP contribution in [0.1, 0.15) is 62.9 Å². The lowest BCUT2D eigenvalue weighted by molar-refractivity contribution is -0.137. The van der Waals surface area contributed by atoms with E-state index in [1.54, 1.807) is 58.0 Å². The van der Waals surface area contributed by atoms with Gasteiger partial charge in [0.2, 0.25) is 0 Å². The number of aromatic nitrogens is 1. The summed E-state index contributed by atoms with van der Waals surface area (Å²) in [5.41, 5.74) is -3.35. The molecule has 1 saturated heterocycles. The normalized spacial score (nSPS) is 16.7. The van der Waals surface area contributed by atoms with Crippen molar-refractivity contribution in [2.75, 3.05) is 19.6 Å². The predicted octanol–water partition coefficient (Wildman–Crippen LogP) is 7.38. The van der Waals surface area contributed by atoms with Gasteiger partial charge in [-0.15, -0.1) is 0 Å². The van der Waals surface area contributed by atoms with E-state index in [4.69, 9.17) is 16.3 Å². The molecule has 3 amide bonds. The molecule has 4 rings (SSSR count). The zero-order valence-electron chi connectivity index (χ0n) is 26.5. The van der Waals surface area contributed by atoms with E-state index in [0.717, 1.165) is 12.1 Å². The van der Waals surface area contributed by atoms with Gasteiger partial charge in [-0.2, -0.15) is 13.2 Å². The first-order valence-corrected chi connectivity index (χ1v) is 15.5. The number of carbonyl (C=O) groups excluding carboxylic acids is 3. The van der Waals surface area contributed by atoms with E-state index in [1.165, 1.54) is 28.1 Å². The lowest BCUT2D eigenvalue weighted by Gasteiger charge is -2.44. The Hall–Kier alpha value is -4.19. The molecule has 0 bridgehead atoms. The number of pyridine rings is 1. The number of nitrogens with one attached hydrogen (secondary N) is 1. The number of ether oxygens (including phenoxy) is 1. The van der Waals surface area contributed by atoms with Crippen LogP contribution in [-0.2, 0) is 27.7 Å². The molecule has 1 fully saturated rings. The molecule has 2 atom stereocenters. The van der Waals surface area contributed by atoms with Crippen molar-refractivity contribution in [2.45, 2.75) is 70.3 Å². The summed E-state index contributed by atoms with van der Waals surface area (Å²) in [7, 11) is 0. The first-order chi connectivity index (χ1) is 22.0. The number of rotatable bonds is 8. The molecule has 0 radical (unpaired) electrons. The van der Waals surface area contributed by atoms with Gasteiger partial charge in [-0.05, 0) is 62.2 Å². The fourth-order valence-electron chi connectivity index (χ4n) is 5.50. The van der Waals surface area contributed by atoms with Gasteiger partial charge in [0, 0.05) is 45.1 Å². The molecular formula is C34H37ClF4N4O4. The summed E-state index contributed by atoms with van der Waals surface area (Å²) in [5, 5.41) is 3.15. The van der Waals surface area contributed by atoms with Gasteiger partial charge in [0.25, 0.3) is 0 Å². The lowest BCUT2D eigenvalue weighted by Crippen LogP contribution is -2.62. The quantitative estimate of drug-likeness (QED) is 0.252. The van der Waals surface area contributed by atoms with E-state index in [9.17, 15) is 27.6 Å². The third-order valence-electron chi connectivity index (χ3n) is 7.77. The number of urea groups is 1. The maximum atomic E-state index is 15.0. The minimum Gasteiger partial charge on any atom is -0.444 e. The van der Waals surface area contributed by atoms with Crippen LogP contribution in [0.4, 0.5) is 27.2 Å². The zero-order chi connectivity index (χ0) is 34.6. The van der Waals surface area contributed by atoms with E-state index >= 15 is 4.39 Å². The molecule has 1 aromatic heterocycles. The van der Waals surface area contributed by atoms with Crippen LogP contribution in [0.15, 0.2) is 66.9 Å². The van der Waals surface area contributed by atoms with Gasteiger partial charge in [-0.25, -0.2) is 14.0 Å². The zero-order valence-corrected chi connectivity index (χ0v) is 27.3. The van der Waals surface area contributed by atoms with Crippen molar-refractivity contribution in [3.63, 3.8) is 0 Å². The minimum absolute atomic E-state index is 0.0147. The lowest BCUT2D eigenvalue weighted by atomic mass is 9.79. The van der Waals surface area contributed by atoms with Gasteiger partial charge < -0.3 is 19.9 Å². The third-order valence-corrected chi connectivity index (χ3v) is 7.99. The highest BCUT2D eigenvalue weighted by molar-refractivity contribution is 6.30. The van der Waals surface area contributed by atoms with Crippen LogP contribution in [0.3, 0.4) is 0 Å². The number of Topliss-reactive ketones (excluding diaryl/α,β-unsaturated/α-hetero) is 1. The monoisotopic (exact) mass is 676 g/mol. The molecule has 1 unspecified atom stereocenters. The molecule has 47 heavy (non-hydrogen) atoms. The fraction of sp³-hybridized carbons (Fsp3) is 0.412. The van der Waals surface area contributed by atoms with E-state index in [1.807, 2.05) is 0 Å². The van der Waals surface area contributed by atoms with Crippen LogP contribution in [0.2, 0.25) is 5.02 Å². The topological polar surface area (TPSA) is 91.8 Å². The number of hydrogen-bond acceptors (Lipinski definition) is 5.